The Kier molecular flexibility index (Phi) is 5.15. The highest BCUT2D eigenvalue weighted by atomic mass is 16.4. The number of hydrogen-bond donors (Lipinski definition) is 1. The molecule has 2 unspecified atom stereocenters. The maximum Gasteiger partial charge on any atom is 0.239 e. The normalized spacial score (nSPS) is 20.0. The van der Waals surface area contributed by atoms with Crippen molar-refractivity contribution in [2.24, 2.45) is 5.92 Å². The average Bonchev–Trinajstić information content (AvgIpc) is 3.30. The minimum absolute atomic E-state index is 0.0501. The fourth-order valence-corrected chi connectivity index (χ4v) is 4.69. The third-order valence-electron chi connectivity index (χ3n) is 6.57. The van der Waals surface area contributed by atoms with Crippen molar-refractivity contribution in [1.82, 2.24) is 44.6 Å². The number of rotatable bonds is 6. The van der Waals surface area contributed by atoms with Crippen molar-refractivity contribution in [2.45, 2.75) is 58.7 Å². The van der Waals surface area contributed by atoms with Gasteiger partial charge in [0.25, 0.3) is 0 Å². The molecule has 12 nitrogen and oxygen atoms in total. The van der Waals surface area contributed by atoms with Gasteiger partial charge in [-0.2, -0.15) is 0 Å². The highest BCUT2D eigenvalue weighted by Gasteiger charge is 2.44. The summed E-state index contributed by atoms with van der Waals surface area (Å²) in [6, 6.07) is -0.307. The Labute approximate surface area is 201 Å². The summed E-state index contributed by atoms with van der Waals surface area (Å²) < 4.78 is 7.74. The van der Waals surface area contributed by atoms with Gasteiger partial charge in [0.1, 0.15) is 24.0 Å². The molecule has 0 spiro atoms. The SMILES string of the molecule is CCn1c(-c2cnc(C)nc2)nc2c(NC3CC(c4nnc(C)o4)N(C(=O)C4CC4)C3)ncnc21. The zero-order valence-corrected chi connectivity index (χ0v) is 19.8. The molecule has 180 valence electrons. The molecule has 6 rings (SSSR count). The second-order valence-corrected chi connectivity index (χ2v) is 9.11. The third-order valence-corrected chi connectivity index (χ3v) is 6.57. The lowest BCUT2D eigenvalue weighted by atomic mass is 10.1. The van der Waals surface area contributed by atoms with E-state index in [0.717, 1.165) is 29.9 Å². The Morgan fingerprint density at radius 1 is 1.14 bits per heavy atom. The molecule has 1 saturated heterocycles. The van der Waals surface area contributed by atoms with E-state index >= 15 is 0 Å². The predicted octanol–water partition coefficient (Wildman–Crippen LogP) is 2.47. The second-order valence-electron chi connectivity index (χ2n) is 9.11. The summed E-state index contributed by atoms with van der Waals surface area (Å²) in [6.45, 7) is 6.86. The second kappa shape index (κ2) is 8.36. The van der Waals surface area contributed by atoms with E-state index < -0.39 is 0 Å². The zero-order valence-electron chi connectivity index (χ0n) is 19.8. The lowest BCUT2D eigenvalue weighted by molar-refractivity contribution is -0.133. The van der Waals surface area contributed by atoms with Crippen LogP contribution in [0.25, 0.3) is 22.6 Å². The molecular formula is C23H26N10O2. The largest absolute Gasteiger partial charge is 0.423 e. The number of anilines is 1. The van der Waals surface area contributed by atoms with Gasteiger partial charge in [0, 0.05) is 44.4 Å². The molecule has 2 aliphatic rings. The van der Waals surface area contributed by atoms with Crippen LogP contribution in [0.2, 0.25) is 0 Å². The Bertz CT molecular complexity index is 1390. The first-order valence-electron chi connectivity index (χ1n) is 11.9. The van der Waals surface area contributed by atoms with Gasteiger partial charge in [-0.05, 0) is 33.1 Å². The summed E-state index contributed by atoms with van der Waals surface area (Å²) in [7, 11) is 0. The van der Waals surface area contributed by atoms with Crippen molar-refractivity contribution in [3.63, 3.8) is 0 Å². The van der Waals surface area contributed by atoms with Crippen molar-refractivity contribution >= 4 is 22.9 Å². The van der Waals surface area contributed by atoms with Crippen LogP contribution in [0.5, 0.6) is 0 Å². The smallest absolute Gasteiger partial charge is 0.239 e. The highest BCUT2D eigenvalue weighted by Crippen LogP contribution is 2.39. The number of aryl methyl sites for hydroxylation is 3. The van der Waals surface area contributed by atoms with Crippen LogP contribution in [0.4, 0.5) is 5.82 Å². The summed E-state index contributed by atoms with van der Waals surface area (Å²) in [5.41, 5.74) is 2.21. The molecule has 0 bridgehead atoms. The molecule has 1 aliphatic heterocycles. The van der Waals surface area contributed by atoms with Crippen LogP contribution < -0.4 is 5.32 Å². The van der Waals surface area contributed by atoms with E-state index in [1.165, 1.54) is 6.33 Å². The lowest BCUT2D eigenvalue weighted by Crippen LogP contribution is -2.34. The first kappa shape index (κ1) is 21.6. The fourth-order valence-electron chi connectivity index (χ4n) is 4.69. The number of nitrogens with one attached hydrogen (secondary N) is 1. The maximum absolute atomic E-state index is 13.0. The molecule has 4 aromatic rings. The number of aromatic nitrogens is 8. The van der Waals surface area contributed by atoms with Crippen molar-refractivity contribution in [3.8, 4) is 11.4 Å². The number of carbonyl (C=O) groups excluding carboxylic acids is 1. The molecular weight excluding hydrogens is 448 g/mol. The van der Waals surface area contributed by atoms with Crippen molar-refractivity contribution < 1.29 is 9.21 Å². The van der Waals surface area contributed by atoms with Gasteiger partial charge in [0.05, 0.1) is 5.56 Å². The van der Waals surface area contributed by atoms with Gasteiger partial charge in [0.2, 0.25) is 17.7 Å². The minimum atomic E-state index is -0.257. The van der Waals surface area contributed by atoms with Crippen LogP contribution in [0, 0.1) is 19.8 Å². The topological polar surface area (TPSA) is 141 Å². The number of imidazole rings is 1. The van der Waals surface area contributed by atoms with E-state index in [9.17, 15) is 4.79 Å². The number of fused-ring (bicyclic) bond motifs is 1. The summed E-state index contributed by atoms with van der Waals surface area (Å²) >= 11 is 0. The molecule has 1 aliphatic carbocycles. The summed E-state index contributed by atoms with van der Waals surface area (Å²) in [5, 5.41) is 11.7. The van der Waals surface area contributed by atoms with Crippen molar-refractivity contribution in [1.29, 1.82) is 0 Å². The van der Waals surface area contributed by atoms with Crippen LogP contribution in [0.15, 0.2) is 23.1 Å². The van der Waals surface area contributed by atoms with E-state index in [1.54, 1.807) is 19.3 Å². The molecule has 1 amide bonds. The number of hydrogen-bond acceptors (Lipinski definition) is 10. The molecule has 2 atom stereocenters. The Morgan fingerprint density at radius 3 is 2.63 bits per heavy atom. The van der Waals surface area contributed by atoms with E-state index in [4.69, 9.17) is 9.40 Å². The molecule has 5 heterocycles. The minimum Gasteiger partial charge on any atom is -0.423 e. The molecule has 12 heteroatoms. The van der Waals surface area contributed by atoms with Gasteiger partial charge in [0.15, 0.2) is 17.0 Å². The van der Waals surface area contributed by atoms with Gasteiger partial charge in [-0.3, -0.25) is 4.79 Å². The van der Waals surface area contributed by atoms with E-state index in [2.05, 4.69) is 35.5 Å². The molecule has 1 saturated carbocycles. The third kappa shape index (κ3) is 3.88. The predicted molar refractivity (Wildman–Crippen MR) is 125 cm³/mol. The fraction of sp³-hybridized carbons (Fsp3) is 0.478. The maximum atomic E-state index is 13.0. The van der Waals surface area contributed by atoms with Gasteiger partial charge < -0.3 is 19.2 Å². The van der Waals surface area contributed by atoms with E-state index in [-0.39, 0.29) is 23.9 Å². The van der Waals surface area contributed by atoms with Crippen LogP contribution in [-0.2, 0) is 11.3 Å². The van der Waals surface area contributed by atoms with E-state index in [0.29, 0.717) is 48.5 Å². The molecule has 4 aromatic heterocycles. The van der Waals surface area contributed by atoms with Crippen molar-refractivity contribution in [3.05, 3.63) is 36.3 Å². The van der Waals surface area contributed by atoms with Crippen LogP contribution >= 0.6 is 0 Å². The molecule has 1 N–H and O–H groups in total. The first-order chi connectivity index (χ1) is 17.0. The van der Waals surface area contributed by atoms with Crippen LogP contribution in [0.3, 0.4) is 0 Å². The van der Waals surface area contributed by atoms with Gasteiger partial charge in [-0.1, -0.05) is 0 Å². The highest BCUT2D eigenvalue weighted by molar-refractivity contribution is 5.86. The van der Waals surface area contributed by atoms with Gasteiger partial charge in [-0.25, -0.2) is 24.9 Å². The summed E-state index contributed by atoms with van der Waals surface area (Å²) in [4.78, 5) is 37.4. The molecule has 0 aromatic carbocycles. The monoisotopic (exact) mass is 474 g/mol. The average molecular weight is 475 g/mol. The molecule has 2 fully saturated rings. The quantitative estimate of drug-likeness (QED) is 0.443. The van der Waals surface area contributed by atoms with Crippen molar-refractivity contribution in [2.75, 3.05) is 11.9 Å². The number of carbonyl (C=O) groups is 1. The Balaban J connectivity index is 1.32. The van der Waals surface area contributed by atoms with Crippen LogP contribution in [-0.4, -0.2) is 63.1 Å². The van der Waals surface area contributed by atoms with Gasteiger partial charge >= 0.3 is 0 Å². The van der Waals surface area contributed by atoms with E-state index in [1.807, 2.05) is 23.3 Å². The summed E-state index contributed by atoms with van der Waals surface area (Å²) in [6.07, 6.45) is 7.59. The number of amides is 1. The zero-order chi connectivity index (χ0) is 24.1. The number of nitrogens with zero attached hydrogens (tertiary/aromatic N) is 9. The molecule has 35 heavy (non-hydrogen) atoms. The number of likely N-dealkylation sites (tertiary alicyclic amines) is 1. The Morgan fingerprint density at radius 2 is 1.94 bits per heavy atom. The molecule has 0 radical (unpaired) electrons. The summed E-state index contributed by atoms with van der Waals surface area (Å²) in [5.74, 6) is 3.29. The van der Waals surface area contributed by atoms with Crippen LogP contribution in [0.1, 0.15) is 49.8 Å². The lowest BCUT2D eigenvalue weighted by Gasteiger charge is -2.21. The Hall–Kier alpha value is -3.96. The standard InChI is InChI=1S/C23H26N10O2/c1-4-32-20(15-8-24-12(2)25-9-15)29-18-19(26-11-27-21(18)32)28-16-7-17(22-31-30-13(3)35-22)33(10-16)23(34)14-5-6-14/h8-9,11,14,16-17H,4-7,10H2,1-3H3,(H,26,27,28). The van der Waals surface area contributed by atoms with Gasteiger partial charge in [-0.15, -0.1) is 10.2 Å². The first-order valence-corrected chi connectivity index (χ1v) is 11.9.